The van der Waals surface area contributed by atoms with Crippen molar-refractivity contribution in [3.05, 3.63) is 89.7 Å². The largest absolute Gasteiger partial charge is 0.494 e. The van der Waals surface area contributed by atoms with Gasteiger partial charge in [-0.05, 0) is 73.2 Å². The number of fused-ring (bicyclic) bond motifs is 1. The summed E-state index contributed by atoms with van der Waals surface area (Å²) in [6.07, 6.45) is 4.26. The molecule has 1 aliphatic rings. The second-order valence-electron chi connectivity index (χ2n) is 9.64. The summed E-state index contributed by atoms with van der Waals surface area (Å²) in [5.74, 6) is 1.64. The van der Waals surface area contributed by atoms with Gasteiger partial charge in [0.2, 0.25) is 5.95 Å². The van der Waals surface area contributed by atoms with Crippen LogP contribution in [0, 0.1) is 5.82 Å². The van der Waals surface area contributed by atoms with Crippen molar-refractivity contribution >= 4 is 17.0 Å². The molecule has 36 heavy (non-hydrogen) atoms. The molecule has 0 spiro atoms. The summed E-state index contributed by atoms with van der Waals surface area (Å²) in [5, 5.41) is 3.73. The molecule has 1 aromatic heterocycles. The molecule has 0 amide bonds. The molecule has 6 heteroatoms. The summed E-state index contributed by atoms with van der Waals surface area (Å²) >= 11 is 0. The number of piperidine rings is 1. The van der Waals surface area contributed by atoms with E-state index in [1.54, 1.807) is 0 Å². The van der Waals surface area contributed by atoms with Gasteiger partial charge in [0.15, 0.2) is 0 Å². The number of nitrogens with zero attached hydrogens (tertiary/aromatic N) is 3. The van der Waals surface area contributed by atoms with E-state index in [0.29, 0.717) is 12.6 Å². The number of para-hydroxylation sites is 2. The van der Waals surface area contributed by atoms with Gasteiger partial charge in [0.1, 0.15) is 11.6 Å². The van der Waals surface area contributed by atoms with Gasteiger partial charge in [0, 0.05) is 25.7 Å². The summed E-state index contributed by atoms with van der Waals surface area (Å²) < 4.78 is 21.3. The number of halogens is 1. The standard InChI is InChI=1S/C30H35FN4O/c1-2-21-36-27-13-9-23(10-14-27)15-18-34-19-16-26(17-20-34)32-30-33-28-5-3-4-6-29(28)35(30)22-24-7-11-25(31)12-8-24/h3-14,26H,2,15-22H2,1H3,(H,32,33). The number of anilines is 1. The smallest absolute Gasteiger partial charge is 0.204 e. The van der Waals surface area contributed by atoms with Crippen LogP contribution in [0.25, 0.3) is 11.0 Å². The van der Waals surface area contributed by atoms with E-state index in [0.717, 1.165) is 80.2 Å². The van der Waals surface area contributed by atoms with Gasteiger partial charge in [-0.2, -0.15) is 0 Å². The number of imidazole rings is 1. The minimum Gasteiger partial charge on any atom is -0.494 e. The highest BCUT2D eigenvalue weighted by atomic mass is 19.1. The lowest BCUT2D eigenvalue weighted by Gasteiger charge is -2.32. The van der Waals surface area contributed by atoms with Crippen LogP contribution in [0.1, 0.15) is 37.3 Å². The highest BCUT2D eigenvalue weighted by Gasteiger charge is 2.21. The molecule has 0 atom stereocenters. The number of benzene rings is 3. The Morgan fingerprint density at radius 3 is 2.42 bits per heavy atom. The highest BCUT2D eigenvalue weighted by molar-refractivity contribution is 5.78. The number of hydrogen-bond acceptors (Lipinski definition) is 4. The molecule has 3 aromatic carbocycles. The van der Waals surface area contributed by atoms with Gasteiger partial charge in [-0.25, -0.2) is 9.37 Å². The lowest BCUT2D eigenvalue weighted by molar-refractivity contribution is 0.221. The zero-order valence-electron chi connectivity index (χ0n) is 21.0. The van der Waals surface area contributed by atoms with Gasteiger partial charge >= 0.3 is 0 Å². The molecule has 4 aromatic rings. The molecule has 5 nitrogen and oxygen atoms in total. The van der Waals surface area contributed by atoms with E-state index < -0.39 is 0 Å². The van der Waals surface area contributed by atoms with Crippen molar-refractivity contribution in [3.8, 4) is 5.75 Å². The van der Waals surface area contributed by atoms with E-state index in [1.165, 1.54) is 17.7 Å². The monoisotopic (exact) mass is 486 g/mol. The summed E-state index contributed by atoms with van der Waals surface area (Å²) in [4.78, 5) is 7.45. The van der Waals surface area contributed by atoms with Crippen molar-refractivity contribution < 1.29 is 9.13 Å². The fourth-order valence-corrected chi connectivity index (χ4v) is 4.86. The van der Waals surface area contributed by atoms with Crippen LogP contribution in [0.2, 0.25) is 0 Å². The van der Waals surface area contributed by atoms with E-state index in [9.17, 15) is 4.39 Å². The Morgan fingerprint density at radius 1 is 0.944 bits per heavy atom. The van der Waals surface area contributed by atoms with E-state index >= 15 is 0 Å². The van der Waals surface area contributed by atoms with Gasteiger partial charge in [0.25, 0.3) is 0 Å². The predicted molar refractivity (Wildman–Crippen MR) is 144 cm³/mol. The Kier molecular flexibility index (Phi) is 7.82. The number of rotatable bonds is 10. The van der Waals surface area contributed by atoms with Crippen molar-refractivity contribution in [1.82, 2.24) is 14.5 Å². The van der Waals surface area contributed by atoms with Crippen LogP contribution in [0.15, 0.2) is 72.8 Å². The summed E-state index contributed by atoms with van der Waals surface area (Å²) in [7, 11) is 0. The van der Waals surface area contributed by atoms with Crippen molar-refractivity contribution in [2.45, 2.75) is 45.2 Å². The maximum atomic E-state index is 13.4. The second kappa shape index (κ2) is 11.6. The minimum atomic E-state index is -0.211. The van der Waals surface area contributed by atoms with E-state index in [-0.39, 0.29) is 5.82 Å². The van der Waals surface area contributed by atoms with Crippen LogP contribution in [-0.2, 0) is 13.0 Å². The van der Waals surface area contributed by atoms with Crippen LogP contribution in [0.5, 0.6) is 5.75 Å². The molecule has 1 N–H and O–H groups in total. The zero-order valence-corrected chi connectivity index (χ0v) is 21.0. The van der Waals surface area contributed by atoms with Crippen LogP contribution in [0.4, 0.5) is 10.3 Å². The fraction of sp³-hybridized carbons (Fsp3) is 0.367. The molecular weight excluding hydrogens is 451 g/mol. The van der Waals surface area contributed by atoms with Crippen LogP contribution >= 0.6 is 0 Å². The Labute approximate surface area is 212 Å². The number of likely N-dealkylation sites (tertiary alicyclic amines) is 1. The summed E-state index contributed by atoms with van der Waals surface area (Å²) in [5.41, 5.74) is 4.48. The first-order valence-corrected chi connectivity index (χ1v) is 13.1. The highest BCUT2D eigenvalue weighted by Crippen LogP contribution is 2.24. The Morgan fingerprint density at radius 2 is 1.67 bits per heavy atom. The van der Waals surface area contributed by atoms with E-state index in [2.05, 4.69) is 52.0 Å². The molecule has 188 valence electrons. The normalized spacial score (nSPS) is 14.8. The van der Waals surface area contributed by atoms with Crippen molar-refractivity contribution in [1.29, 1.82) is 0 Å². The lowest BCUT2D eigenvalue weighted by atomic mass is 10.0. The molecule has 2 heterocycles. The third-order valence-corrected chi connectivity index (χ3v) is 6.94. The molecule has 1 fully saturated rings. The average molecular weight is 487 g/mol. The first-order valence-electron chi connectivity index (χ1n) is 13.1. The lowest BCUT2D eigenvalue weighted by Crippen LogP contribution is -2.40. The number of aromatic nitrogens is 2. The molecular formula is C30H35FN4O. The van der Waals surface area contributed by atoms with Gasteiger partial charge < -0.3 is 19.5 Å². The van der Waals surface area contributed by atoms with Crippen molar-refractivity contribution in [2.75, 3.05) is 31.6 Å². The van der Waals surface area contributed by atoms with Crippen LogP contribution < -0.4 is 10.1 Å². The maximum Gasteiger partial charge on any atom is 0.204 e. The van der Waals surface area contributed by atoms with Crippen molar-refractivity contribution in [2.24, 2.45) is 0 Å². The minimum absolute atomic E-state index is 0.211. The maximum absolute atomic E-state index is 13.4. The quantitative estimate of drug-likeness (QED) is 0.293. The Bertz CT molecular complexity index is 1240. The van der Waals surface area contributed by atoms with Gasteiger partial charge in [0.05, 0.1) is 24.2 Å². The molecule has 5 rings (SSSR count). The molecule has 1 aliphatic heterocycles. The van der Waals surface area contributed by atoms with Gasteiger partial charge in [-0.3, -0.25) is 0 Å². The molecule has 0 aliphatic carbocycles. The zero-order chi connectivity index (χ0) is 24.7. The van der Waals surface area contributed by atoms with Gasteiger partial charge in [-0.1, -0.05) is 43.3 Å². The Balaban J connectivity index is 1.17. The third kappa shape index (κ3) is 6.05. The first-order chi connectivity index (χ1) is 17.7. The Hall–Kier alpha value is -3.38. The van der Waals surface area contributed by atoms with E-state index in [4.69, 9.17) is 9.72 Å². The van der Waals surface area contributed by atoms with E-state index in [1.807, 2.05) is 30.3 Å². The molecule has 0 radical (unpaired) electrons. The SMILES string of the molecule is CCCOc1ccc(CCN2CCC(Nc3nc4ccccc4n3Cc3ccc(F)cc3)CC2)cc1. The van der Waals surface area contributed by atoms with Crippen LogP contribution in [0.3, 0.4) is 0 Å². The number of nitrogens with one attached hydrogen (secondary N) is 1. The average Bonchev–Trinajstić information content (AvgIpc) is 3.25. The third-order valence-electron chi connectivity index (χ3n) is 6.94. The fourth-order valence-electron chi connectivity index (χ4n) is 4.86. The molecule has 1 saturated heterocycles. The topological polar surface area (TPSA) is 42.3 Å². The van der Waals surface area contributed by atoms with Gasteiger partial charge in [-0.15, -0.1) is 0 Å². The molecule has 0 bridgehead atoms. The number of ether oxygens (including phenoxy) is 1. The van der Waals surface area contributed by atoms with Crippen molar-refractivity contribution in [3.63, 3.8) is 0 Å². The first kappa shape index (κ1) is 24.3. The molecule has 0 saturated carbocycles. The predicted octanol–water partition coefficient (Wildman–Crippen LogP) is 6.13. The summed E-state index contributed by atoms with van der Waals surface area (Å²) in [6.45, 7) is 6.78. The summed E-state index contributed by atoms with van der Waals surface area (Å²) in [6, 6.07) is 23.9. The molecule has 0 unspecified atom stereocenters. The number of hydrogen-bond donors (Lipinski definition) is 1. The van der Waals surface area contributed by atoms with Crippen LogP contribution in [-0.4, -0.2) is 46.7 Å². The second-order valence-corrected chi connectivity index (χ2v) is 9.64.